The van der Waals surface area contributed by atoms with Crippen LogP contribution in [0.1, 0.15) is 0 Å². The van der Waals surface area contributed by atoms with Gasteiger partial charge in [0, 0.05) is 38.3 Å². The fourth-order valence-electron chi connectivity index (χ4n) is 5.95. The average molecular weight is 459 g/mol. The summed E-state index contributed by atoms with van der Waals surface area (Å²) in [5.41, 5.74) is 8.47. The third-order valence-corrected chi connectivity index (χ3v) is 7.51. The molecule has 0 aliphatic rings. The molecule has 1 N–H and O–H groups in total. The Hall–Kier alpha value is -4.82. The first-order valence-electron chi connectivity index (χ1n) is 12.4. The van der Waals surface area contributed by atoms with Crippen LogP contribution < -0.4 is 0 Å². The summed E-state index contributed by atoms with van der Waals surface area (Å²) < 4.78 is 2.37. The number of aromatic amines is 1. The molecule has 0 aliphatic carbocycles. The lowest BCUT2D eigenvalue weighted by Gasteiger charge is -2.11. The molecule has 0 saturated carbocycles. The van der Waals surface area contributed by atoms with Gasteiger partial charge in [0.25, 0.3) is 0 Å². The van der Waals surface area contributed by atoms with Crippen LogP contribution in [0.25, 0.3) is 71.2 Å². The van der Waals surface area contributed by atoms with Crippen LogP contribution in [0.3, 0.4) is 0 Å². The summed E-state index contributed by atoms with van der Waals surface area (Å²) in [6.07, 6.45) is 0. The van der Waals surface area contributed by atoms with Crippen molar-refractivity contribution in [1.29, 1.82) is 0 Å². The lowest BCUT2D eigenvalue weighted by atomic mass is 9.94. The second kappa shape index (κ2) is 7.34. The topological polar surface area (TPSA) is 20.7 Å². The molecule has 2 heteroatoms. The van der Waals surface area contributed by atoms with Gasteiger partial charge in [-0.2, -0.15) is 0 Å². The molecular weight excluding hydrogens is 436 g/mol. The maximum absolute atomic E-state index is 3.67. The monoisotopic (exact) mass is 458 g/mol. The van der Waals surface area contributed by atoms with E-state index in [1.54, 1.807) is 0 Å². The lowest BCUT2D eigenvalue weighted by Crippen LogP contribution is -1.92. The first-order valence-corrected chi connectivity index (χ1v) is 12.4. The Morgan fingerprint density at radius 3 is 1.97 bits per heavy atom. The number of H-pyrrole nitrogens is 1. The molecule has 0 unspecified atom stereocenters. The lowest BCUT2D eigenvalue weighted by molar-refractivity contribution is 1.18. The third kappa shape index (κ3) is 2.67. The van der Waals surface area contributed by atoms with Crippen molar-refractivity contribution in [1.82, 2.24) is 9.55 Å². The van der Waals surface area contributed by atoms with Gasteiger partial charge in [-0.3, -0.25) is 0 Å². The number of hydrogen-bond acceptors (Lipinski definition) is 0. The smallest absolute Gasteiger partial charge is 0.0541 e. The summed E-state index contributed by atoms with van der Waals surface area (Å²) in [6.45, 7) is 0. The summed E-state index contributed by atoms with van der Waals surface area (Å²) >= 11 is 0. The molecule has 0 saturated heterocycles. The molecule has 168 valence electrons. The standard InChI is InChI=1S/C34H22N2/c1-2-10-23(11-3-1)36-32-17-9-7-13-25(32)29-20-22(18-19-33(29)36)28-21-31-34(26-14-5-4-12-24(26)28)27-15-6-8-16-30(27)35-31/h1-21,35H. The third-order valence-electron chi connectivity index (χ3n) is 7.51. The van der Waals surface area contributed by atoms with Crippen molar-refractivity contribution in [3.8, 4) is 16.8 Å². The average Bonchev–Trinajstić information content (AvgIpc) is 3.48. The Morgan fingerprint density at radius 2 is 1.11 bits per heavy atom. The van der Waals surface area contributed by atoms with Gasteiger partial charge < -0.3 is 9.55 Å². The first kappa shape index (κ1) is 19.5. The number of hydrogen-bond donors (Lipinski definition) is 1. The molecule has 6 aromatic carbocycles. The van der Waals surface area contributed by atoms with E-state index < -0.39 is 0 Å². The van der Waals surface area contributed by atoms with E-state index in [4.69, 9.17) is 0 Å². The number of nitrogens with one attached hydrogen (secondary N) is 1. The van der Waals surface area contributed by atoms with E-state index in [0.29, 0.717) is 0 Å². The molecule has 0 spiro atoms. The van der Waals surface area contributed by atoms with E-state index in [-0.39, 0.29) is 0 Å². The molecular formula is C34H22N2. The Morgan fingerprint density at radius 1 is 0.444 bits per heavy atom. The van der Waals surface area contributed by atoms with Crippen LogP contribution in [0.4, 0.5) is 0 Å². The summed E-state index contributed by atoms with van der Waals surface area (Å²) in [5, 5.41) is 7.68. The molecule has 0 fully saturated rings. The van der Waals surface area contributed by atoms with E-state index in [1.807, 2.05) is 0 Å². The van der Waals surface area contributed by atoms with Crippen molar-refractivity contribution in [2.24, 2.45) is 0 Å². The van der Waals surface area contributed by atoms with E-state index in [0.717, 1.165) is 0 Å². The number of aromatic nitrogens is 2. The summed E-state index contributed by atoms with van der Waals surface area (Å²) in [4.78, 5) is 3.67. The first-order chi connectivity index (χ1) is 17.9. The van der Waals surface area contributed by atoms with Gasteiger partial charge in [0.2, 0.25) is 0 Å². The highest BCUT2D eigenvalue weighted by molar-refractivity contribution is 6.23. The molecule has 0 radical (unpaired) electrons. The van der Waals surface area contributed by atoms with E-state index in [1.165, 1.54) is 71.2 Å². The molecule has 2 heterocycles. The van der Waals surface area contributed by atoms with Crippen LogP contribution in [0.15, 0.2) is 127 Å². The second-order valence-corrected chi connectivity index (χ2v) is 9.48. The van der Waals surface area contributed by atoms with Gasteiger partial charge in [0.15, 0.2) is 0 Å². The SMILES string of the molecule is c1ccc(-n2c3ccccc3c3cc(-c4cc5[nH]c6ccccc6c5c5ccccc45)ccc32)cc1. The number of nitrogens with zero attached hydrogens (tertiary/aromatic N) is 1. The minimum atomic E-state index is 1.18. The highest BCUT2D eigenvalue weighted by atomic mass is 15.0. The molecule has 36 heavy (non-hydrogen) atoms. The number of fused-ring (bicyclic) bond motifs is 8. The maximum atomic E-state index is 3.67. The van der Waals surface area contributed by atoms with Gasteiger partial charge in [-0.15, -0.1) is 0 Å². The molecule has 0 aliphatic heterocycles. The van der Waals surface area contributed by atoms with Gasteiger partial charge in [0.1, 0.15) is 0 Å². The van der Waals surface area contributed by atoms with Crippen molar-refractivity contribution in [2.45, 2.75) is 0 Å². The van der Waals surface area contributed by atoms with Gasteiger partial charge in [-0.25, -0.2) is 0 Å². The van der Waals surface area contributed by atoms with Crippen LogP contribution in [-0.2, 0) is 0 Å². The predicted octanol–water partition coefficient (Wildman–Crippen LogP) is 9.24. The normalized spacial score (nSPS) is 11.9. The predicted molar refractivity (Wildman–Crippen MR) is 153 cm³/mol. The molecule has 0 atom stereocenters. The largest absolute Gasteiger partial charge is 0.354 e. The number of benzene rings is 6. The zero-order valence-electron chi connectivity index (χ0n) is 19.6. The summed E-state index contributed by atoms with van der Waals surface area (Å²) in [7, 11) is 0. The number of rotatable bonds is 2. The van der Waals surface area contributed by atoms with Gasteiger partial charge in [0.05, 0.1) is 11.0 Å². The van der Waals surface area contributed by atoms with Crippen molar-refractivity contribution in [3.63, 3.8) is 0 Å². The zero-order valence-corrected chi connectivity index (χ0v) is 19.6. The molecule has 8 rings (SSSR count). The highest BCUT2D eigenvalue weighted by Crippen LogP contribution is 2.40. The van der Waals surface area contributed by atoms with Crippen LogP contribution in [-0.4, -0.2) is 9.55 Å². The Labute approximate surface area is 208 Å². The zero-order chi connectivity index (χ0) is 23.6. The molecule has 0 amide bonds. The maximum Gasteiger partial charge on any atom is 0.0541 e. The van der Waals surface area contributed by atoms with Crippen molar-refractivity contribution < 1.29 is 0 Å². The molecule has 2 nitrogen and oxygen atoms in total. The van der Waals surface area contributed by atoms with E-state index >= 15 is 0 Å². The van der Waals surface area contributed by atoms with Crippen molar-refractivity contribution >= 4 is 54.4 Å². The van der Waals surface area contributed by atoms with Crippen molar-refractivity contribution in [2.75, 3.05) is 0 Å². The van der Waals surface area contributed by atoms with Gasteiger partial charge in [-0.05, 0) is 64.4 Å². The second-order valence-electron chi connectivity index (χ2n) is 9.48. The van der Waals surface area contributed by atoms with Crippen LogP contribution in [0.5, 0.6) is 0 Å². The van der Waals surface area contributed by atoms with Crippen LogP contribution in [0, 0.1) is 0 Å². The van der Waals surface area contributed by atoms with E-state index in [2.05, 4.69) is 137 Å². The summed E-state index contributed by atoms with van der Waals surface area (Å²) in [6, 6.07) is 46.0. The van der Waals surface area contributed by atoms with Crippen LogP contribution in [0.2, 0.25) is 0 Å². The molecule has 8 aromatic rings. The van der Waals surface area contributed by atoms with E-state index in [9.17, 15) is 0 Å². The molecule has 2 aromatic heterocycles. The fraction of sp³-hybridized carbons (Fsp3) is 0. The number of para-hydroxylation sites is 3. The van der Waals surface area contributed by atoms with Crippen molar-refractivity contribution in [3.05, 3.63) is 127 Å². The quantitative estimate of drug-likeness (QED) is 0.266. The Balaban J connectivity index is 1.46. The highest BCUT2D eigenvalue weighted by Gasteiger charge is 2.16. The Bertz CT molecular complexity index is 2090. The fourth-order valence-corrected chi connectivity index (χ4v) is 5.95. The molecule has 0 bridgehead atoms. The Kier molecular flexibility index (Phi) is 3.97. The van der Waals surface area contributed by atoms with Gasteiger partial charge in [-0.1, -0.05) is 84.9 Å². The van der Waals surface area contributed by atoms with Crippen LogP contribution >= 0.6 is 0 Å². The minimum Gasteiger partial charge on any atom is -0.354 e. The van der Waals surface area contributed by atoms with Gasteiger partial charge >= 0.3 is 0 Å². The summed E-state index contributed by atoms with van der Waals surface area (Å²) in [5.74, 6) is 0. The minimum absolute atomic E-state index is 1.18.